The molecule has 0 spiro atoms. The molecule has 0 unspecified atom stereocenters. The highest BCUT2D eigenvalue weighted by atomic mass is 16.5. The number of anilines is 1. The van der Waals surface area contributed by atoms with Gasteiger partial charge in [0, 0.05) is 28.9 Å². The van der Waals surface area contributed by atoms with Crippen molar-refractivity contribution in [1.82, 2.24) is 15.2 Å². The van der Waals surface area contributed by atoms with Gasteiger partial charge in [0.15, 0.2) is 5.82 Å². The van der Waals surface area contributed by atoms with E-state index >= 15 is 0 Å². The van der Waals surface area contributed by atoms with Crippen LogP contribution in [0.2, 0.25) is 0 Å². The summed E-state index contributed by atoms with van der Waals surface area (Å²) < 4.78 is 5.52. The lowest BCUT2D eigenvalue weighted by Gasteiger charge is -2.11. The highest BCUT2D eigenvalue weighted by Crippen LogP contribution is 2.24. The number of nitrogens with one attached hydrogen (secondary N) is 2. The number of nitrogens with zero attached hydrogens (tertiary/aromatic N) is 2. The van der Waals surface area contributed by atoms with Gasteiger partial charge in [0.25, 0.3) is 0 Å². The lowest BCUT2D eigenvalue weighted by Crippen LogP contribution is -2.11. The first-order valence-electron chi connectivity index (χ1n) is 7.46. The fraction of sp³-hybridized carbons (Fsp3) is 0.118. The van der Waals surface area contributed by atoms with Crippen LogP contribution >= 0.6 is 0 Å². The summed E-state index contributed by atoms with van der Waals surface area (Å²) in [6.07, 6.45) is 1.44. The minimum atomic E-state index is 0.312. The normalized spacial score (nSPS) is 10.5. The summed E-state index contributed by atoms with van der Waals surface area (Å²) in [6.45, 7) is 0.869. The maximum absolute atomic E-state index is 8.50. The zero-order chi connectivity index (χ0) is 16.9. The molecule has 0 bridgehead atoms. The second-order valence-corrected chi connectivity index (χ2v) is 5.18. The molecular weight excluding hydrogens is 304 g/mol. The van der Waals surface area contributed by atoms with E-state index in [0.717, 1.165) is 5.56 Å². The molecule has 7 heteroatoms. The number of hydrogen-bond donors (Lipinski definition) is 4. The quantitative estimate of drug-likeness (QED) is 0.406. The molecule has 3 aromatic rings. The average Bonchev–Trinajstić information content (AvgIpc) is 3.14. The van der Waals surface area contributed by atoms with E-state index in [4.69, 9.17) is 21.6 Å². The van der Waals surface area contributed by atoms with Crippen molar-refractivity contribution >= 4 is 11.4 Å². The van der Waals surface area contributed by atoms with Crippen LogP contribution in [-0.4, -0.2) is 34.0 Å². The number of H-pyrrole nitrogens is 1. The Morgan fingerprint density at radius 3 is 2.83 bits per heavy atom. The third kappa shape index (κ3) is 3.26. The van der Waals surface area contributed by atoms with Crippen molar-refractivity contribution in [1.29, 1.82) is 5.41 Å². The van der Waals surface area contributed by atoms with Gasteiger partial charge < -0.3 is 16.2 Å². The number of aromatic nitrogens is 3. The second kappa shape index (κ2) is 6.93. The summed E-state index contributed by atoms with van der Waals surface area (Å²) in [6, 6.07) is 12.7. The lowest BCUT2D eigenvalue weighted by molar-refractivity contribution is 0.328. The average molecular weight is 322 g/mol. The maximum Gasteiger partial charge on any atom is 0.155 e. The second-order valence-electron chi connectivity index (χ2n) is 5.18. The van der Waals surface area contributed by atoms with E-state index in [-0.39, 0.29) is 0 Å². The Kier molecular flexibility index (Phi) is 4.53. The predicted molar refractivity (Wildman–Crippen MR) is 93.2 cm³/mol. The van der Waals surface area contributed by atoms with E-state index in [9.17, 15) is 0 Å². The van der Waals surface area contributed by atoms with Gasteiger partial charge in [0.2, 0.25) is 0 Å². The molecule has 0 saturated heterocycles. The van der Waals surface area contributed by atoms with Crippen molar-refractivity contribution in [3.8, 4) is 17.1 Å². The van der Waals surface area contributed by atoms with Gasteiger partial charge >= 0.3 is 0 Å². The van der Waals surface area contributed by atoms with Crippen molar-refractivity contribution < 1.29 is 4.74 Å². The van der Waals surface area contributed by atoms with Crippen molar-refractivity contribution in [2.24, 2.45) is 5.73 Å². The van der Waals surface area contributed by atoms with Gasteiger partial charge in [-0.15, -0.1) is 0 Å². The molecule has 0 aliphatic carbocycles. The number of rotatable bonds is 6. The first-order valence-corrected chi connectivity index (χ1v) is 7.46. The summed E-state index contributed by atoms with van der Waals surface area (Å²) in [5.41, 5.74) is 14.5. The number of nitrogens with two attached hydrogens (primary N) is 2. The summed E-state index contributed by atoms with van der Waals surface area (Å²) in [4.78, 5) is 4.13. The van der Waals surface area contributed by atoms with Crippen molar-refractivity contribution in [2.75, 3.05) is 18.9 Å². The fourth-order valence-corrected chi connectivity index (χ4v) is 2.34. The molecule has 0 radical (unpaired) electrons. The Bertz CT molecular complexity index is 844. The van der Waals surface area contributed by atoms with Crippen LogP contribution in [0, 0.1) is 5.41 Å². The number of benzene rings is 2. The summed E-state index contributed by atoms with van der Waals surface area (Å²) in [5, 5.41) is 15.2. The molecule has 2 aromatic carbocycles. The van der Waals surface area contributed by atoms with E-state index in [1.54, 1.807) is 12.1 Å². The van der Waals surface area contributed by atoms with Crippen LogP contribution in [-0.2, 0) is 0 Å². The topological polar surface area (TPSA) is 127 Å². The molecule has 24 heavy (non-hydrogen) atoms. The minimum Gasteiger partial charge on any atom is -0.492 e. The van der Waals surface area contributed by atoms with E-state index in [2.05, 4.69) is 15.2 Å². The van der Waals surface area contributed by atoms with Gasteiger partial charge in [-0.1, -0.05) is 12.1 Å². The van der Waals surface area contributed by atoms with Gasteiger partial charge in [0.05, 0.1) is 5.71 Å². The molecule has 0 aliphatic heterocycles. The smallest absolute Gasteiger partial charge is 0.155 e. The monoisotopic (exact) mass is 322 g/mol. The Morgan fingerprint density at radius 2 is 2.08 bits per heavy atom. The molecule has 1 heterocycles. The summed E-state index contributed by atoms with van der Waals surface area (Å²) >= 11 is 0. The van der Waals surface area contributed by atoms with Crippen molar-refractivity contribution in [3.05, 3.63) is 59.9 Å². The zero-order valence-electron chi connectivity index (χ0n) is 13.0. The van der Waals surface area contributed by atoms with E-state index in [0.29, 0.717) is 47.3 Å². The summed E-state index contributed by atoms with van der Waals surface area (Å²) in [5.74, 6) is 1.30. The molecule has 7 nitrogen and oxygen atoms in total. The zero-order valence-corrected chi connectivity index (χ0v) is 13.0. The van der Waals surface area contributed by atoms with Gasteiger partial charge in [-0.25, -0.2) is 4.98 Å². The van der Waals surface area contributed by atoms with Gasteiger partial charge in [-0.3, -0.25) is 10.5 Å². The van der Waals surface area contributed by atoms with Crippen LogP contribution in [0.5, 0.6) is 5.75 Å². The summed E-state index contributed by atoms with van der Waals surface area (Å²) in [7, 11) is 0. The minimum absolute atomic E-state index is 0.312. The third-order valence-corrected chi connectivity index (χ3v) is 3.52. The Hall–Kier alpha value is -3.19. The molecule has 0 amide bonds. The fourth-order valence-electron chi connectivity index (χ4n) is 2.34. The molecule has 0 atom stereocenters. The molecule has 1 aromatic heterocycles. The van der Waals surface area contributed by atoms with Crippen LogP contribution in [0.1, 0.15) is 11.1 Å². The van der Waals surface area contributed by atoms with Crippen LogP contribution in [0.4, 0.5) is 5.69 Å². The van der Waals surface area contributed by atoms with Crippen LogP contribution in [0.25, 0.3) is 11.4 Å². The number of nitrogen functional groups attached to an aromatic ring is 1. The lowest BCUT2D eigenvalue weighted by atomic mass is 9.98. The van der Waals surface area contributed by atoms with Crippen molar-refractivity contribution in [3.63, 3.8) is 0 Å². The number of hydrogen-bond acceptors (Lipinski definition) is 6. The largest absolute Gasteiger partial charge is 0.492 e. The highest BCUT2D eigenvalue weighted by molar-refractivity contribution is 6.14. The van der Waals surface area contributed by atoms with E-state index < -0.39 is 0 Å². The van der Waals surface area contributed by atoms with E-state index in [1.807, 2.05) is 30.3 Å². The predicted octanol–water partition coefficient (Wildman–Crippen LogP) is 1.81. The van der Waals surface area contributed by atoms with Gasteiger partial charge in [-0.05, 0) is 30.3 Å². The van der Waals surface area contributed by atoms with Crippen LogP contribution < -0.4 is 16.2 Å². The Morgan fingerprint density at radius 1 is 1.21 bits per heavy atom. The maximum atomic E-state index is 8.50. The SMILES string of the molecule is N=C(c1cccc(OCCN)c1)c1cc(-c2ncn[nH]2)ccc1N. The molecule has 6 N–H and O–H groups in total. The molecule has 3 rings (SSSR count). The highest BCUT2D eigenvalue weighted by Gasteiger charge is 2.12. The third-order valence-electron chi connectivity index (χ3n) is 3.52. The van der Waals surface area contributed by atoms with Gasteiger partial charge in [-0.2, -0.15) is 5.10 Å². The number of aromatic amines is 1. The molecule has 0 fully saturated rings. The van der Waals surface area contributed by atoms with Gasteiger partial charge in [0.1, 0.15) is 18.7 Å². The molecule has 0 aliphatic rings. The van der Waals surface area contributed by atoms with E-state index in [1.165, 1.54) is 6.33 Å². The molecule has 0 saturated carbocycles. The molecule has 122 valence electrons. The van der Waals surface area contributed by atoms with Crippen LogP contribution in [0.15, 0.2) is 48.8 Å². The Labute approximate surface area is 139 Å². The Balaban J connectivity index is 1.93. The molecular formula is C17H18N6O. The first-order chi connectivity index (χ1) is 11.7. The standard InChI is InChI=1S/C17H18N6O/c18-6-7-24-13-3-1-2-11(8-13)16(20)14-9-12(4-5-15(14)19)17-21-10-22-23-17/h1-5,8-10,20H,6-7,18-19H2,(H,21,22,23). The van der Waals surface area contributed by atoms with Crippen LogP contribution in [0.3, 0.4) is 0 Å². The number of ether oxygens (including phenoxy) is 1. The van der Waals surface area contributed by atoms with Crippen molar-refractivity contribution in [2.45, 2.75) is 0 Å². The first kappa shape index (κ1) is 15.7.